The van der Waals surface area contributed by atoms with Gasteiger partial charge >= 0.3 is 0 Å². The molecule has 0 bridgehead atoms. The average Bonchev–Trinajstić information content (AvgIpc) is 3.23. The number of benzene rings is 2. The number of ether oxygens (including phenoxy) is 2. The molecule has 2 fully saturated rings. The number of rotatable bonds is 6. The quantitative estimate of drug-likeness (QED) is 0.294. The Balaban J connectivity index is 1.44. The van der Waals surface area contributed by atoms with E-state index < -0.39 is 17.3 Å². The van der Waals surface area contributed by atoms with Crippen LogP contribution in [0.2, 0.25) is 0 Å². The fourth-order valence-electron chi connectivity index (χ4n) is 6.91. The highest BCUT2D eigenvalue weighted by Crippen LogP contribution is 2.36. The average molecular weight is 532 g/mol. The molecule has 2 aromatic rings. The molecule has 8 nitrogen and oxygen atoms in total. The van der Waals surface area contributed by atoms with E-state index >= 15 is 0 Å². The van der Waals surface area contributed by atoms with Crippen molar-refractivity contribution in [2.45, 2.75) is 36.2 Å². The summed E-state index contributed by atoms with van der Waals surface area (Å²) in [5.74, 6) is -0.276. The maximum absolute atomic E-state index is 13.3. The van der Waals surface area contributed by atoms with Gasteiger partial charge in [-0.05, 0) is 29.5 Å². The molecule has 3 aliphatic rings. The zero-order valence-corrected chi connectivity index (χ0v) is 24.8. The van der Waals surface area contributed by atoms with E-state index in [2.05, 4.69) is 71.2 Å². The van der Waals surface area contributed by atoms with Crippen LogP contribution in [0.3, 0.4) is 0 Å². The Hall–Kier alpha value is -2.78. The summed E-state index contributed by atoms with van der Waals surface area (Å²) in [6.07, 6.45) is 0.556. The van der Waals surface area contributed by atoms with Crippen LogP contribution in [-0.2, 0) is 31.6 Å². The van der Waals surface area contributed by atoms with Crippen molar-refractivity contribution in [1.82, 2.24) is 15.1 Å². The summed E-state index contributed by atoms with van der Waals surface area (Å²) in [7, 11) is 15.3. The van der Waals surface area contributed by atoms with Crippen LogP contribution in [0.1, 0.15) is 39.9 Å². The highest BCUT2D eigenvalue weighted by Gasteiger charge is 2.41. The normalized spacial score (nSPS) is 20.4. The van der Waals surface area contributed by atoms with Crippen LogP contribution in [0.5, 0.6) is 5.75 Å². The van der Waals surface area contributed by atoms with Crippen molar-refractivity contribution < 1.29 is 23.9 Å². The Bertz CT molecular complexity index is 1400. The molecule has 0 spiro atoms. The van der Waals surface area contributed by atoms with Gasteiger partial charge in [-0.2, -0.15) is 0 Å². The number of piperidine rings is 1. The number of hydrogen-bond donors (Lipinski definition) is 1. The molecule has 1 atom stereocenters. The molecule has 40 heavy (non-hydrogen) atoms. The van der Waals surface area contributed by atoms with Crippen LogP contribution in [0.4, 0.5) is 0 Å². The number of nitrogens with one attached hydrogen (secondary N) is 1. The zero-order chi connectivity index (χ0) is 29.0. The van der Waals surface area contributed by atoms with Crippen molar-refractivity contribution in [1.29, 1.82) is 0 Å². The van der Waals surface area contributed by atoms with Crippen molar-refractivity contribution in [2.75, 3.05) is 26.3 Å². The lowest BCUT2D eigenvalue weighted by atomic mass is 9.49. The first-order valence-corrected chi connectivity index (χ1v) is 14.2. The van der Waals surface area contributed by atoms with E-state index in [0.29, 0.717) is 17.7 Å². The van der Waals surface area contributed by atoms with E-state index in [1.54, 1.807) is 11.0 Å². The van der Waals surface area contributed by atoms with Crippen molar-refractivity contribution in [2.24, 2.45) is 0 Å². The van der Waals surface area contributed by atoms with Gasteiger partial charge < -0.3 is 19.3 Å². The molecule has 1 N–H and O–H groups in total. The minimum atomic E-state index is -0.679. The second-order valence-corrected chi connectivity index (χ2v) is 12.3. The molecule has 15 heteroatoms. The number of carbonyl (C=O) groups is 3. The van der Waals surface area contributed by atoms with Gasteiger partial charge in [-0.15, -0.1) is 0 Å². The van der Waals surface area contributed by atoms with Gasteiger partial charge in [0.1, 0.15) is 51.0 Å². The molecular formula is C25H34B7N3O5. The molecule has 0 saturated carbocycles. The zero-order valence-electron chi connectivity index (χ0n) is 24.8. The van der Waals surface area contributed by atoms with Crippen LogP contribution < -0.4 is 26.4 Å². The van der Waals surface area contributed by atoms with Crippen molar-refractivity contribution in [3.8, 4) is 5.75 Å². The summed E-state index contributed by atoms with van der Waals surface area (Å²) in [6, 6.07) is 7.10. The number of hydrogen-bond acceptors (Lipinski definition) is 6. The summed E-state index contributed by atoms with van der Waals surface area (Å²) >= 11 is 0. The van der Waals surface area contributed by atoms with Gasteiger partial charge in [0.25, 0.3) is 5.91 Å². The molecule has 3 heterocycles. The first-order valence-electron chi connectivity index (χ1n) is 14.2. The van der Waals surface area contributed by atoms with Gasteiger partial charge in [-0.1, -0.05) is 34.1 Å². The van der Waals surface area contributed by atoms with E-state index in [1.807, 2.05) is 12.1 Å². The molecule has 3 amide bonds. The molecule has 1 unspecified atom stereocenters. The fourth-order valence-corrected chi connectivity index (χ4v) is 6.91. The molecular weight excluding hydrogens is 498 g/mol. The Morgan fingerprint density at radius 1 is 1.00 bits per heavy atom. The molecule has 2 aromatic carbocycles. The summed E-state index contributed by atoms with van der Waals surface area (Å²) in [4.78, 5) is 41.5. The van der Waals surface area contributed by atoms with Gasteiger partial charge in [0.15, 0.2) is 15.7 Å². The second kappa shape index (κ2) is 10.6. The predicted octanol–water partition coefficient (Wildman–Crippen LogP) is -7.61. The van der Waals surface area contributed by atoms with Crippen molar-refractivity contribution >= 4 is 89.0 Å². The predicted molar refractivity (Wildman–Crippen MR) is 174 cm³/mol. The SMILES string of the molecule is Bc1cc(C(B)(B)Oc2cccc3c2CN(C2CCC(=O)NC2=O)C3=O)c(B)c(B)c1C(B)(B)N1CCOCC1. The highest BCUT2D eigenvalue weighted by atomic mass is 16.5. The number of carbonyl (C=O) groups excluding carboxylic acids is 3. The topological polar surface area (TPSA) is 88.2 Å². The number of nitrogens with zero attached hydrogens (tertiary/aromatic N) is 2. The first-order chi connectivity index (χ1) is 18.8. The summed E-state index contributed by atoms with van der Waals surface area (Å²) in [5, 5.41) is 1.56. The van der Waals surface area contributed by atoms with E-state index in [0.717, 1.165) is 37.4 Å². The van der Waals surface area contributed by atoms with E-state index in [1.165, 1.54) is 22.0 Å². The van der Waals surface area contributed by atoms with E-state index in [9.17, 15) is 14.4 Å². The number of imide groups is 1. The third-order valence-corrected chi connectivity index (χ3v) is 9.06. The van der Waals surface area contributed by atoms with Gasteiger partial charge in [0, 0.05) is 30.6 Å². The van der Waals surface area contributed by atoms with Crippen molar-refractivity contribution in [3.05, 3.63) is 46.5 Å². The monoisotopic (exact) mass is 533 g/mol. The first kappa shape index (κ1) is 28.7. The standard InChI is InChI=1S/C25H34B7N3O5/c26-15-10-14(20(27)21(28)19(15)24(29,30)34-6-8-39-9-7-34)25(31,32)40-17-3-1-2-12-13(17)11-35(23(12)38)16-4-5-18(36)33-22(16)37/h1-3,10,16H,4-9,11,26-32H2,(H,33,36,37). The second-order valence-electron chi connectivity index (χ2n) is 12.3. The number of amides is 3. The van der Waals surface area contributed by atoms with Crippen LogP contribution in [0, 0.1) is 0 Å². The molecule has 2 saturated heterocycles. The largest absolute Gasteiger partial charge is 0.501 e. The van der Waals surface area contributed by atoms with Gasteiger partial charge in [-0.3, -0.25) is 19.7 Å². The van der Waals surface area contributed by atoms with Gasteiger partial charge in [0.2, 0.25) is 11.8 Å². The Labute approximate surface area is 242 Å². The minimum Gasteiger partial charge on any atom is -0.501 e. The molecule has 200 valence electrons. The Morgan fingerprint density at radius 2 is 1.70 bits per heavy atom. The lowest BCUT2D eigenvalue weighted by Gasteiger charge is -2.44. The molecule has 0 aliphatic carbocycles. The molecule has 0 aromatic heterocycles. The number of morpholine rings is 1. The molecule has 5 rings (SSSR count). The third kappa shape index (κ3) is 4.96. The number of fused-ring (bicyclic) bond motifs is 1. The van der Waals surface area contributed by atoms with Crippen LogP contribution in [-0.4, -0.2) is 115 Å². The maximum Gasteiger partial charge on any atom is 0.255 e. The third-order valence-electron chi connectivity index (χ3n) is 9.06. The highest BCUT2D eigenvalue weighted by molar-refractivity contribution is 6.56. The lowest BCUT2D eigenvalue weighted by Crippen LogP contribution is -2.58. The molecule has 0 radical (unpaired) electrons. The summed E-state index contributed by atoms with van der Waals surface area (Å²) in [6.45, 7) is 3.61. The van der Waals surface area contributed by atoms with Crippen LogP contribution >= 0.6 is 0 Å². The van der Waals surface area contributed by atoms with Gasteiger partial charge in [0.05, 0.1) is 25.2 Å². The smallest absolute Gasteiger partial charge is 0.255 e. The lowest BCUT2D eigenvalue weighted by molar-refractivity contribution is -0.136. The minimum absolute atomic E-state index is 0.133. The Morgan fingerprint density at radius 3 is 2.38 bits per heavy atom. The van der Waals surface area contributed by atoms with Crippen molar-refractivity contribution in [3.63, 3.8) is 0 Å². The Kier molecular flexibility index (Phi) is 7.59. The van der Waals surface area contributed by atoms with Crippen LogP contribution in [0.25, 0.3) is 0 Å². The van der Waals surface area contributed by atoms with Gasteiger partial charge in [-0.25, -0.2) is 0 Å². The van der Waals surface area contributed by atoms with E-state index in [4.69, 9.17) is 9.47 Å². The summed E-state index contributed by atoms with van der Waals surface area (Å²) in [5.41, 5.74) is 7.46. The van der Waals surface area contributed by atoms with Crippen LogP contribution in [0.15, 0.2) is 24.3 Å². The van der Waals surface area contributed by atoms with E-state index in [-0.39, 0.29) is 30.1 Å². The maximum atomic E-state index is 13.3. The fraction of sp³-hybridized carbons (Fsp3) is 0.400. The molecule has 3 aliphatic heterocycles. The summed E-state index contributed by atoms with van der Waals surface area (Å²) < 4.78 is 12.3.